The molecule has 0 aromatic heterocycles. The molecule has 0 unspecified atom stereocenters. The van der Waals surface area contributed by atoms with Gasteiger partial charge >= 0.3 is 6.18 Å². The predicted molar refractivity (Wildman–Crippen MR) is 74.5 cm³/mol. The van der Waals surface area contributed by atoms with Crippen molar-refractivity contribution in [3.05, 3.63) is 58.6 Å². The van der Waals surface area contributed by atoms with Gasteiger partial charge in [0.1, 0.15) is 0 Å². The van der Waals surface area contributed by atoms with Crippen molar-refractivity contribution in [3.8, 4) is 11.1 Å². The van der Waals surface area contributed by atoms with Gasteiger partial charge in [0, 0.05) is 15.9 Å². The minimum absolute atomic E-state index is 0.0998. The van der Waals surface area contributed by atoms with Gasteiger partial charge in [-0.05, 0) is 29.3 Å². The van der Waals surface area contributed by atoms with Gasteiger partial charge in [-0.15, -0.1) is 0 Å². The van der Waals surface area contributed by atoms with E-state index in [0.717, 1.165) is 11.6 Å². The minimum atomic E-state index is -4.40. The molecule has 0 spiro atoms. The Morgan fingerprint density at radius 3 is 2.32 bits per heavy atom. The van der Waals surface area contributed by atoms with Crippen molar-refractivity contribution < 1.29 is 13.2 Å². The molecule has 0 fully saturated rings. The fraction of sp³-hybridized carbons (Fsp3) is 0.143. The number of hydrogen-bond acceptors (Lipinski definition) is 0. The van der Waals surface area contributed by atoms with E-state index in [1.807, 2.05) is 0 Å². The molecule has 0 saturated heterocycles. The van der Waals surface area contributed by atoms with Crippen LogP contribution in [0.5, 0.6) is 0 Å². The molecule has 100 valence electrons. The molecule has 0 bridgehead atoms. The molecule has 0 N–H and O–H groups in total. The third-order valence-electron chi connectivity index (χ3n) is 2.71. The maximum Gasteiger partial charge on any atom is 0.417 e. The average Bonchev–Trinajstić information content (AvgIpc) is 2.38. The van der Waals surface area contributed by atoms with Crippen molar-refractivity contribution in [1.82, 2.24) is 0 Å². The Balaban J connectivity index is 2.65. The first-order valence-corrected chi connectivity index (χ1v) is 6.94. The highest BCUT2D eigenvalue weighted by Crippen LogP contribution is 2.39. The standard InChI is InChI=1S/C14H9BrClF3/c15-8-9-5-6-13(16)11(7-9)10-3-1-2-4-12(10)14(17,18)19/h1-7H,8H2. The number of benzene rings is 2. The maximum atomic E-state index is 13.0. The lowest BCUT2D eigenvalue weighted by atomic mass is 9.98. The van der Waals surface area contributed by atoms with E-state index in [1.165, 1.54) is 12.1 Å². The van der Waals surface area contributed by atoms with Gasteiger partial charge in [-0.2, -0.15) is 13.2 Å². The van der Waals surface area contributed by atoms with Crippen molar-refractivity contribution in [2.75, 3.05) is 0 Å². The van der Waals surface area contributed by atoms with E-state index >= 15 is 0 Å². The molecule has 2 rings (SSSR count). The summed E-state index contributed by atoms with van der Waals surface area (Å²) in [5.74, 6) is 0. The molecule has 0 heterocycles. The van der Waals surface area contributed by atoms with Crippen molar-refractivity contribution >= 4 is 27.5 Å². The Labute approximate surface area is 122 Å². The third kappa shape index (κ3) is 3.12. The Kier molecular flexibility index (Phi) is 4.21. The molecule has 0 radical (unpaired) electrons. The Hall–Kier alpha value is -1.000. The van der Waals surface area contributed by atoms with E-state index in [9.17, 15) is 13.2 Å². The van der Waals surface area contributed by atoms with Crippen LogP contribution in [0, 0.1) is 0 Å². The van der Waals surface area contributed by atoms with Gasteiger partial charge in [0.15, 0.2) is 0 Å². The largest absolute Gasteiger partial charge is 0.417 e. The van der Waals surface area contributed by atoms with E-state index in [2.05, 4.69) is 15.9 Å². The Morgan fingerprint density at radius 2 is 1.68 bits per heavy atom. The van der Waals surface area contributed by atoms with E-state index < -0.39 is 11.7 Å². The van der Waals surface area contributed by atoms with Crippen molar-refractivity contribution in [1.29, 1.82) is 0 Å². The molecule has 0 aliphatic carbocycles. The molecule has 2 aromatic carbocycles. The quantitative estimate of drug-likeness (QED) is 0.590. The zero-order valence-electron chi connectivity index (χ0n) is 9.64. The van der Waals surface area contributed by atoms with Crippen molar-refractivity contribution in [3.63, 3.8) is 0 Å². The minimum Gasteiger partial charge on any atom is -0.166 e. The third-order valence-corrected chi connectivity index (χ3v) is 3.68. The zero-order chi connectivity index (χ0) is 14.0. The Morgan fingerprint density at radius 1 is 1.00 bits per heavy atom. The van der Waals surface area contributed by atoms with Crippen LogP contribution in [0.4, 0.5) is 13.2 Å². The monoisotopic (exact) mass is 348 g/mol. The number of alkyl halides is 4. The van der Waals surface area contributed by atoms with Gasteiger partial charge in [0.05, 0.1) is 5.56 Å². The summed E-state index contributed by atoms with van der Waals surface area (Å²) in [6, 6.07) is 10.5. The summed E-state index contributed by atoms with van der Waals surface area (Å²) in [5, 5.41) is 0.868. The van der Waals surface area contributed by atoms with E-state index in [-0.39, 0.29) is 5.56 Å². The molecule has 0 amide bonds. The molecule has 2 aromatic rings. The smallest absolute Gasteiger partial charge is 0.166 e. The summed E-state index contributed by atoms with van der Waals surface area (Å²) in [5.41, 5.74) is 0.689. The first-order valence-electron chi connectivity index (χ1n) is 5.44. The molecular formula is C14H9BrClF3. The number of rotatable bonds is 2. The molecule has 0 aliphatic heterocycles. The summed E-state index contributed by atoms with van der Waals surface area (Å²) in [4.78, 5) is 0. The highest BCUT2D eigenvalue weighted by Gasteiger charge is 2.33. The van der Waals surface area contributed by atoms with Crippen LogP contribution in [-0.4, -0.2) is 0 Å². The van der Waals surface area contributed by atoms with Gasteiger partial charge in [0.25, 0.3) is 0 Å². The fourth-order valence-electron chi connectivity index (χ4n) is 1.83. The summed E-state index contributed by atoms with van der Waals surface area (Å²) >= 11 is 9.31. The SMILES string of the molecule is FC(F)(F)c1ccccc1-c1cc(CBr)ccc1Cl. The van der Waals surface area contributed by atoms with Gasteiger partial charge in [-0.3, -0.25) is 0 Å². The highest BCUT2D eigenvalue weighted by atomic mass is 79.9. The zero-order valence-corrected chi connectivity index (χ0v) is 12.0. The topological polar surface area (TPSA) is 0 Å². The van der Waals surface area contributed by atoms with E-state index in [4.69, 9.17) is 11.6 Å². The number of hydrogen-bond donors (Lipinski definition) is 0. The lowest BCUT2D eigenvalue weighted by molar-refractivity contribution is -0.137. The van der Waals surface area contributed by atoms with E-state index in [1.54, 1.807) is 24.3 Å². The molecule has 0 atom stereocenters. The lowest BCUT2D eigenvalue weighted by Gasteiger charge is -2.14. The predicted octanol–water partition coefficient (Wildman–Crippen LogP) is 5.92. The van der Waals surface area contributed by atoms with Crippen LogP contribution in [0.1, 0.15) is 11.1 Å². The number of halogens is 5. The van der Waals surface area contributed by atoms with Crippen molar-refractivity contribution in [2.45, 2.75) is 11.5 Å². The van der Waals surface area contributed by atoms with Gasteiger partial charge in [-0.25, -0.2) is 0 Å². The summed E-state index contributed by atoms with van der Waals surface area (Å²) in [6.07, 6.45) is -4.40. The molecule has 0 aliphatic rings. The first kappa shape index (κ1) is 14.4. The second kappa shape index (κ2) is 5.55. The fourth-order valence-corrected chi connectivity index (χ4v) is 2.40. The highest BCUT2D eigenvalue weighted by molar-refractivity contribution is 9.08. The second-order valence-electron chi connectivity index (χ2n) is 3.99. The van der Waals surface area contributed by atoms with Gasteiger partial charge in [-0.1, -0.05) is 51.8 Å². The Bertz CT molecular complexity index is 593. The summed E-state index contributed by atoms with van der Waals surface area (Å²) in [6.45, 7) is 0. The van der Waals surface area contributed by atoms with Crippen LogP contribution >= 0.6 is 27.5 Å². The molecule has 0 saturated carbocycles. The van der Waals surface area contributed by atoms with Crippen LogP contribution in [0.3, 0.4) is 0 Å². The van der Waals surface area contributed by atoms with Crippen LogP contribution in [0.15, 0.2) is 42.5 Å². The normalized spacial score (nSPS) is 11.6. The van der Waals surface area contributed by atoms with Crippen molar-refractivity contribution in [2.24, 2.45) is 0 Å². The van der Waals surface area contributed by atoms with Crippen LogP contribution in [-0.2, 0) is 11.5 Å². The summed E-state index contributed by atoms with van der Waals surface area (Å²) in [7, 11) is 0. The maximum absolute atomic E-state index is 13.0. The molecule has 0 nitrogen and oxygen atoms in total. The average molecular weight is 350 g/mol. The molecular weight excluding hydrogens is 341 g/mol. The lowest BCUT2D eigenvalue weighted by Crippen LogP contribution is -2.07. The van der Waals surface area contributed by atoms with Crippen LogP contribution in [0.25, 0.3) is 11.1 Å². The van der Waals surface area contributed by atoms with E-state index in [0.29, 0.717) is 15.9 Å². The van der Waals surface area contributed by atoms with Gasteiger partial charge < -0.3 is 0 Å². The van der Waals surface area contributed by atoms with Crippen LogP contribution < -0.4 is 0 Å². The van der Waals surface area contributed by atoms with Crippen LogP contribution in [0.2, 0.25) is 5.02 Å². The second-order valence-corrected chi connectivity index (χ2v) is 4.96. The summed E-state index contributed by atoms with van der Waals surface area (Å²) < 4.78 is 39.0. The molecule has 5 heteroatoms. The van der Waals surface area contributed by atoms with Gasteiger partial charge in [0.2, 0.25) is 0 Å². The first-order chi connectivity index (χ1) is 8.93. The molecule has 19 heavy (non-hydrogen) atoms.